The quantitative estimate of drug-likeness (QED) is 0.886. The van der Waals surface area contributed by atoms with Gasteiger partial charge in [0, 0.05) is 17.7 Å². The Morgan fingerprint density at radius 2 is 1.91 bits per heavy atom. The van der Waals surface area contributed by atoms with Crippen molar-refractivity contribution in [2.24, 2.45) is 0 Å². The molecule has 0 atom stereocenters. The van der Waals surface area contributed by atoms with E-state index in [2.05, 4.69) is 5.32 Å². The molecule has 0 aromatic heterocycles. The van der Waals surface area contributed by atoms with Crippen molar-refractivity contribution in [2.75, 3.05) is 7.11 Å². The van der Waals surface area contributed by atoms with Crippen molar-refractivity contribution in [3.8, 4) is 11.5 Å². The number of benzene rings is 2. The van der Waals surface area contributed by atoms with Gasteiger partial charge in [0.25, 0.3) is 5.91 Å². The third-order valence-electron chi connectivity index (χ3n) is 3.19. The van der Waals surface area contributed by atoms with Gasteiger partial charge in [0.15, 0.2) is 11.6 Å². The third-order valence-corrected chi connectivity index (χ3v) is 3.19. The Kier molecular flexibility index (Phi) is 5.57. The molecule has 0 radical (unpaired) electrons. The number of amides is 1. The monoisotopic (exact) mass is 317 g/mol. The molecule has 23 heavy (non-hydrogen) atoms. The fourth-order valence-electron chi connectivity index (χ4n) is 2.12. The molecule has 0 aliphatic rings. The molecule has 2 aromatic rings. The van der Waals surface area contributed by atoms with Crippen LogP contribution < -0.4 is 14.8 Å². The molecule has 1 N–H and O–H groups in total. The lowest BCUT2D eigenvalue weighted by Crippen LogP contribution is -2.23. The van der Waals surface area contributed by atoms with Crippen molar-refractivity contribution in [1.82, 2.24) is 5.32 Å². The molecule has 0 bridgehead atoms. The highest BCUT2D eigenvalue weighted by molar-refractivity contribution is 5.94. The Morgan fingerprint density at radius 1 is 1.17 bits per heavy atom. The summed E-state index contributed by atoms with van der Waals surface area (Å²) < 4.78 is 24.5. The fraction of sp³-hybridized carbons (Fsp3) is 0.278. The average Bonchev–Trinajstić information content (AvgIpc) is 2.54. The van der Waals surface area contributed by atoms with Gasteiger partial charge in [-0.1, -0.05) is 18.2 Å². The molecule has 0 heterocycles. The Hall–Kier alpha value is -2.56. The van der Waals surface area contributed by atoms with E-state index in [0.717, 1.165) is 5.56 Å². The van der Waals surface area contributed by atoms with Gasteiger partial charge in [-0.3, -0.25) is 4.79 Å². The highest BCUT2D eigenvalue weighted by Crippen LogP contribution is 2.20. The molecule has 5 heteroatoms. The molecule has 1 amide bonds. The minimum atomic E-state index is -0.552. The maximum Gasteiger partial charge on any atom is 0.251 e. The molecule has 0 fully saturated rings. The minimum Gasteiger partial charge on any atom is -0.496 e. The first kappa shape index (κ1) is 16.8. The third kappa shape index (κ3) is 4.45. The molecular weight excluding hydrogens is 297 g/mol. The van der Waals surface area contributed by atoms with Gasteiger partial charge >= 0.3 is 0 Å². The van der Waals surface area contributed by atoms with Crippen LogP contribution >= 0.6 is 0 Å². The van der Waals surface area contributed by atoms with E-state index >= 15 is 0 Å². The molecule has 0 spiro atoms. The Balaban J connectivity index is 2.05. The fourth-order valence-corrected chi connectivity index (χ4v) is 2.12. The first-order valence-electron chi connectivity index (χ1n) is 7.37. The molecule has 0 unspecified atom stereocenters. The van der Waals surface area contributed by atoms with Crippen LogP contribution in [0.15, 0.2) is 42.5 Å². The maximum atomic E-state index is 13.9. The van der Waals surface area contributed by atoms with Crippen LogP contribution in [0.25, 0.3) is 0 Å². The number of nitrogens with one attached hydrogen (secondary N) is 1. The van der Waals surface area contributed by atoms with Crippen molar-refractivity contribution in [1.29, 1.82) is 0 Å². The van der Waals surface area contributed by atoms with Crippen molar-refractivity contribution in [3.05, 3.63) is 59.4 Å². The summed E-state index contributed by atoms with van der Waals surface area (Å²) in [5.74, 6) is -0.0736. The number of hydrogen-bond acceptors (Lipinski definition) is 3. The smallest absolute Gasteiger partial charge is 0.251 e. The zero-order valence-corrected chi connectivity index (χ0v) is 13.4. The molecule has 2 aromatic carbocycles. The Morgan fingerprint density at radius 3 is 2.57 bits per heavy atom. The van der Waals surface area contributed by atoms with Gasteiger partial charge in [-0.05, 0) is 38.1 Å². The second-order valence-electron chi connectivity index (χ2n) is 5.31. The van der Waals surface area contributed by atoms with Crippen LogP contribution in [0, 0.1) is 5.82 Å². The maximum absolute atomic E-state index is 13.9. The van der Waals surface area contributed by atoms with Gasteiger partial charge in [0.1, 0.15) is 5.75 Å². The highest BCUT2D eigenvalue weighted by Gasteiger charge is 2.12. The van der Waals surface area contributed by atoms with E-state index in [0.29, 0.717) is 12.3 Å². The summed E-state index contributed by atoms with van der Waals surface area (Å²) in [6.45, 7) is 3.93. The van der Waals surface area contributed by atoms with Crippen LogP contribution in [0.4, 0.5) is 4.39 Å². The van der Waals surface area contributed by atoms with Crippen LogP contribution in [-0.4, -0.2) is 19.1 Å². The highest BCUT2D eigenvalue weighted by atomic mass is 19.1. The largest absolute Gasteiger partial charge is 0.496 e. The van der Waals surface area contributed by atoms with Crippen molar-refractivity contribution in [3.63, 3.8) is 0 Å². The normalized spacial score (nSPS) is 10.5. The van der Waals surface area contributed by atoms with Gasteiger partial charge in [-0.25, -0.2) is 4.39 Å². The molecule has 0 saturated carbocycles. The number of methoxy groups -OCH3 is 1. The first-order chi connectivity index (χ1) is 11.0. The Bertz CT molecular complexity index is 686. The number of hydrogen-bond donors (Lipinski definition) is 1. The van der Waals surface area contributed by atoms with Crippen LogP contribution in [0.3, 0.4) is 0 Å². The van der Waals surface area contributed by atoms with Crippen molar-refractivity contribution >= 4 is 5.91 Å². The van der Waals surface area contributed by atoms with Gasteiger partial charge < -0.3 is 14.8 Å². The van der Waals surface area contributed by atoms with E-state index in [-0.39, 0.29) is 23.3 Å². The number of rotatable bonds is 6. The second kappa shape index (κ2) is 7.63. The number of carbonyl (C=O) groups is 1. The summed E-state index contributed by atoms with van der Waals surface area (Å²) in [7, 11) is 1.57. The van der Waals surface area contributed by atoms with Gasteiger partial charge in [0.05, 0.1) is 13.2 Å². The molecular formula is C18H20FNO3. The number of ether oxygens (including phenoxy) is 2. The molecule has 0 saturated heterocycles. The summed E-state index contributed by atoms with van der Waals surface area (Å²) in [5, 5.41) is 2.75. The summed E-state index contributed by atoms with van der Waals surface area (Å²) in [6, 6.07) is 11.6. The summed E-state index contributed by atoms with van der Waals surface area (Å²) in [4.78, 5) is 12.1. The SMILES string of the molecule is COc1ccccc1CNC(=O)c1ccc(OC(C)C)c(F)c1. The number of halogens is 1. The molecule has 4 nitrogen and oxygen atoms in total. The predicted octanol–water partition coefficient (Wildman–Crippen LogP) is 3.55. The molecule has 0 aliphatic carbocycles. The topological polar surface area (TPSA) is 47.6 Å². The Labute approximate surface area is 135 Å². The van der Waals surface area contributed by atoms with E-state index in [4.69, 9.17) is 9.47 Å². The van der Waals surface area contributed by atoms with E-state index in [1.807, 2.05) is 38.1 Å². The van der Waals surface area contributed by atoms with Crippen molar-refractivity contribution < 1.29 is 18.7 Å². The minimum absolute atomic E-state index is 0.130. The molecule has 122 valence electrons. The average molecular weight is 317 g/mol. The van der Waals surface area contributed by atoms with Gasteiger partial charge in [-0.2, -0.15) is 0 Å². The van der Waals surface area contributed by atoms with Crippen LogP contribution in [0.1, 0.15) is 29.8 Å². The second-order valence-corrected chi connectivity index (χ2v) is 5.31. The predicted molar refractivity (Wildman–Crippen MR) is 86.3 cm³/mol. The molecule has 0 aliphatic heterocycles. The zero-order chi connectivity index (χ0) is 16.8. The van der Waals surface area contributed by atoms with Gasteiger partial charge in [0.2, 0.25) is 0 Å². The lowest BCUT2D eigenvalue weighted by Gasteiger charge is -2.12. The van der Waals surface area contributed by atoms with Crippen LogP contribution in [-0.2, 0) is 6.54 Å². The molecule has 2 rings (SSSR count). The summed E-state index contributed by atoms with van der Waals surface area (Å²) in [5.41, 5.74) is 1.09. The van der Waals surface area contributed by atoms with Gasteiger partial charge in [-0.15, -0.1) is 0 Å². The van der Waals surface area contributed by atoms with Crippen molar-refractivity contribution in [2.45, 2.75) is 26.5 Å². The van der Waals surface area contributed by atoms with E-state index in [1.54, 1.807) is 13.2 Å². The number of para-hydroxylation sites is 1. The van der Waals surface area contributed by atoms with Crippen LogP contribution in [0.5, 0.6) is 11.5 Å². The van der Waals surface area contributed by atoms with Crippen LogP contribution in [0.2, 0.25) is 0 Å². The summed E-state index contributed by atoms with van der Waals surface area (Å²) in [6.07, 6.45) is -0.130. The zero-order valence-electron chi connectivity index (χ0n) is 13.4. The standard InChI is InChI=1S/C18H20FNO3/c1-12(2)23-17-9-8-13(10-15(17)19)18(21)20-11-14-6-4-5-7-16(14)22-3/h4-10,12H,11H2,1-3H3,(H,20,21). The lowest BCUT2D eigenvalue weighted by atomic mass is 10.1. The van der Waals surface area contributed by atoms with E-state index in [1.165, 1.54) is 12.1 Å². The van der Waals surface area contributed by atoms with E-state index < -0.39 is 5.82 Å². The van der Waals surface area contributed by atoms with E-state index in [9.17, 15) is 9.18 Å². The number of carbonyl (C=O) groups excluding carboxylic acids is 1. The summed E-state index contributed by atoms with van der Waals surface area (Å²) >= 11 is 0. The first-order valence-corrected chi connectivity index (χ1v) is 7.37. The lowest BCUT2D eigenvalue weighted by molar-refractivity contribution is 0.0950.